The molecule has 3 nitrogen and oxygen atoms in total. The molecule has 0 unspecified atom stereocenters. The summed E-state index contributed by atoms with van der Waals surface area (Å²) in [6, 6.07) is 56.6. The zero-order chi connectivity index (χ0) is 29.5. The maximum absolute atomic E-state index is 6.14. The largest absolute Gasteiger partial charge is 0.456 e. The third-order valence-electron chi connectivity index (χ3n) is 9.31. The summed E-state index contributed by atoms with van der Waals surface area (Å²) in [6.45, 7) is 0. The second-order valence-corrected chi connectivity index (χ2v) is 11.8. The molecule has 0 N–H and O–H groups in total. The average molecular weight is 575 g/mol. The molecule has 0 spiro atoms. The van der Waals surface area contributed by atoms with E-state index in [0.29, 0.717) is 0 Å². The Bertz CT molecular complexity index is 2760. The van der Waals surface area contributed by atoms with Gasteiger partial charge in [-0.25, -0.2) is 0 Å². The van der Waals surface area contributed by atoms with Crippen LogP contribution >= 0.6 is 0 Å². The Hall–Kier alpha value is -6.06. The first-order valence-corrected chi connectivity index (χ1v) is 15.4. The summed E-state index contributed by atoms with van der Waals surface area (Å²) in [5.41, 5.74) is 11.3. The fraction of sp³-hybridized carbons (Fsp3) is 0. The molecule has 0 amide bonds. The Labute approximate surface area is 258 Å². The number of hydrogen-bond donors (Lipinski definition) is 0. The van der Waals surface area contributed by atoms with Gasteiger partial charge in [0.25, 0.3) is 0 Å². The van der Waals surface area contributed by atoms with Crippen molar-refractivity contribution in [2.45, 2.75) is 0 Å². The molecule has 3 aromatic heterocycles. The summed E-state index contributed by atoms with van der Waals surface area (Å²) in [6.07, 6.45) is 0. The summed E-state index contributed by atoms with van der Waals surface area (Å²) in [5.74, 6) is 0. The predicted octanol–water partition coefficient (Wildman–Crippen LogP) is 11.4. The second kappa shape index (κ2) is 9.22. The molecule has 0 saturated carbocycles. The highest BCUT2D eigenvalue weighted by atomic mass is 16.3. The van der Waals surface area contributed by atoms with Crippen LogP contribution in [0.5, 0.6) is 0 Å². The van der Waals surface area contributed by atoms with E-state index in [2.05, 4.69) is 155 Å². The number of nitrogens with zero attached hydrogens (tertiary/aromatic N) is 2. The summed E-state index contributed by atoms with van der Waals surface area (Å²) < 4.78 is 10.9. The van der Waals surface area contributed by atoms with Crippen LogP contribution in [0.25, 0.3) is 88.1 Å². The van der Waals surface area contributed by atoms with Gasteiger partial charge in [-0.1, -0.05) is 91.0 Å². The highest BCUT2D eigenvalue weighted by Gasteiger charge is 2.17. The summed E-state index contributed by atoms with van der Waals surface area (Å²) in [4.78, 5) is 0. The number of para-hydroxylation sites is 4. The average Bonchev–Trinajstić information content (AvgIpc) is 3.75. The van der Waals surface area contributed by atoms with Gasteiger partial charge >= 0.3 is 0 Å². The topological polar surface area (TPSA) is 23.0 Å². The number of rotatable bonds is 3. The third-order valence-corrected chi connectivity index (χ3v) is 9.31. The van der Waals surface area contributed by atoms with Gasteiger partial charge in [0.2, 0.25) is 0 Å². The van der Waals surface area contributed by atoms with Crippen molar-refractivity contribution < 1.29 is 4.42 Å². The van der Waals surface area contributed by atoms with Gasteiger partial charge < -0.3 is 13.6 Å². The van der Waals surface area contributed by atoms with E-state index in [1.165, 1.54) is 60.4 Å². The minimum atomic E-state index is 0.909. The van der Waals surface area contributed by atoms with Gasteiger partial charge in [-0.15, -0.1) is 0 Å². The molecule has 0 aliphatic carbocycles. The fourth-order valence-corrected chi connectivity index (χ4v) is 7.29. The number of benzene rings is 7. The van der Waals surface area contributed by atoms with Gasteiger partial charge in [-0.05, 0) is 77.9 Å². The van der Waals surface area contributed by atoms with Crippen molar-refractivity contribution in [1.29, 1.82) is 0 Å². The zero-order valence-corrected chi connectivity index (χ0v) is 24.3. The van der Waals surface area contributed by atoms with Gasteiger partial charge in [0.15, 0.2) is 0 Å². The lowest BCUT2D eigenvalue weighted by molar-refractivity contribution is 0.669. The zero-order valence-electron chi connectivity index (χ0n) is 24.3. The maximum atomic E-state index is 6.14. The Balaban J connectivity index is 1.19. The van der Waals surface area contributed by atoms with Crippen molar-refractivity contribution in [3.8, 4) is 22.5 Å². The minimum absolute atomic E-state index is 0.909. The van der Waals surface area contributed by atoms with E-state index in [4.69, 9.17) is 4.42 Å². The SMILES string of the molecule is c1ccc(-n2c3ccccc3c3ccc(-c4ccc5c(c4)c4ccccc4n5-c4ccc5oc6ccccc6c5c4)cc32)cc1. The lowest BCUT2D eigenvalue weighted by Crippen LogP contribution is -1.94. The van der Waals surface area contributed by atoms with Crippen molar-refractivity contribution in [2.75, 3.05) is 0 Å². The molecule has 0 bridgehead atoms. The van der Waals surface area contributed by atoms with Crippen LogP contribution in [0.4, 0.5) is 0 Å². The van der Waals surface area contributed by atoms with E-state index < -0.39 is 0 Å². The van der Waals surface area contributed by atoms with Crippen LogP contribution in [-0.2, 0) is 0 Å². The van der Waals surface area contributed by atoms with E-state index in [-0.39, 0.29) is 0 Å². The molecule has 0 aliphatic heterocycles. The van der Waals surface area contributed by atoms with Crippen LogP contribution in [0.15, 0.2) is 162 Å². The highest BCUT2D eigenvalue weighted by molar-refractivity contribution is 6.13. The summed E-state index contributed by atoms with van der Waals surface area (Å²) in [5, 5.41) is 7.28. The third kappa shape index (κ3) is 3.52. The van der Waals surface area contributed by atoms with Crippen LogP contribution in [-0.4, -0.2) is 9.13 Å². The smallest absolute Gasteiger partial charge is 0.135 e. The quantitative estimate of drug-likeness (QED) is 0.206. The normalized spacial score (nSPS) is 12.0. The molecule has 7 aromatic carbocycles. The van der Waals surface area contributed by atoms with E-state index >= 15 is 0 Å². The highest BCUT2D eigenvalue weighted by Crippen LogP contribution is 2.39. The molecule has 210 valence electrons. The number of aromatic nitrogens is 2. The fourth-order valence-electron chi connectivity index (χ4n) is 7.29. The van der Waals surface area contributed by atoms with Gasteiger partial charge in [-0.3, -0.25) is 0 Å². The number of hydrogen-bond acceptors (Lipinski definition) is 1. The van der Waals surface area contributed by atoms with E-state index in [1.54, 1.807) is 0 Å². The monoisotopic (exact) mass is 574 g/mol. The maximum Gasteiger partial charge on any atom is 0.135 e. The molecule has 10 rings (SSSR count). The van der Waals surface area contributed by atoms with Gasteiger partial charge in [0, 0.05) is 43.7 Å². The number of fused-ring (bicyclic) bond motifs is 9. The molecular weight excluding hydrogens is 548 g/mol. The summed E-state index contributed by atoms with van der Waals surface area (Å²) in [7, 11) is 0. The van der Waals surface area contributed by atoms with Crippen molar-refractivity contribution in [3.63, 3.8) is 0 Å². The van der Waals surface area contributed by atoms with Gasteiger partial charge in [-0.2, -0.15) is 0 Å². The van der Waals surface area contributed by atoms with Gasteiger partial charge in [0.05, 0.1) is 22.1 Å². The van der Waals surface area contributed by atoms with Crippen molar-refractivity contribution in [2.24, 2.45) is 0 Å². The molecule has 3 heterocycles. The van der Waals surface area contributed by atoms with Crippen LogP contribution in [0.2, 0.25) is 0 Å². The Morgan fingerprint density at radius 3 is 1.71 bits per heavy atom. The molecule has 0 saturated heterocycles. The molecular formula is C42H26N2O. The molecule has 45 heavy (non-hydrogen) atoms. The van der Waals surface area contributed by atoms with Crippen molar-refractivity contribution in [1.82, 2.24) is 9.13 Å². The standard InChI is InChI=1S/C42H26N2O/c1-2-10-29(11-3-1)43-37-15-7-4-12-31(37)33-21-18-28(25-40(33)43)27-19-22-39-35(24-27)32-13-5-8-16-38(32)44(39)30-20-23-42-36(26-30)34-14-6-9-17-41(34)45-42/h1-26H. The summed E-state index contributed by atoms with van der Waals surface area (Å²) >= 11 is 0. The van der Waals surface area contributed by atoms with Crippen LogP contribution in [0.1, 0.15) is 0 Å². The van der Waals surface area contributed by atoms with E-state index in [1.807, 2.05) is 12.1 Å². The van der Waals surface area contributed by atoms with E-state index in [0.717, 1.165) is 27.6 Å². The number of furan rings is 1. The molecule has 0 radical (unpaired) electrons. The lowest BCUT2D eigenvalue weighted by Gasteiger charge is -2.10. The Kier molecular flexibility index (Phi) is 5.00. The van der Waals surface area contributed by atoms with Crippen molar-refractivity contribution in [3.05, 3.63) is 158 Å². The lowest BCUT2D eigenvalue weighted by atomic mass is 10.0. The minimum Gasteiger partial charge on any atom is -0.456 e. The molecule has 3 heteroatoms. The molecule has 0 atom stereocenters. The molecule has 0 fully saturated rings. The van der Waals surface area contributed by atoms with Crippen LogP contribution < -0.4 is 0 Å². The Morgan fingerprint density at radius 1 is 0.311 bits per heavy atom. The molecule has 0 aliphatic rings. The molecule has 10 aromatic rings. The Morgan fingerprint density at radius 2 is 0.889 bits per heavy atom. The van der Waals surface area contributed by atoms with Crippen LogP contribution in [0.3, 0.4) is 0 Å². The van der Waals surface area contributed by atoms with Gasteiger partial charge in [0.1, 0.15) is 11.2 Å². The first-order valence-electron chi connectivity index (χ1n) is 15.4. The second-order valence-electron chi connectivity index (χ2n) is 11.8. The van der Waals surface area contributed by atoms with Crippen LogP contribution in [0, 0.1) is 0 Å². The predicted molar refractivity (Wildman–Crippen MR) is 188 cm³/mol. The first kappa shape index (κ1) is 24.4. The van der Waals surface area contributed by atoms with Crippen molar-refractivity contribution >= 4 is 65.6 Å². The first-order chi connectivity index (χ1) is 22.3. The van der Waals surface area contributed by atoms with E-state index in [9.17, 15) is 0 Å².